The number of para-hydroxylation sites is 1. The van der Waals surface area contributed by atoms with Crippen molar-refractivity contribution >= 4 is 29.9 Å². The molecule has 0 aromatic heterocycles. The van der Waals surface area contributed by atoms with Gasteiger partial charge in [-0.2, -0.15) is 0 Å². The van der Waals surface area contributed by atoms with E-state index in [4.69, 9.17) is 4.74 Å². The fourth-order valence-corrected chi connectivity index (χ4v) is 1.91. The summed E-state index contributed by atoms with van der Waals surface area (Å²) < 4.78 is 5.66. The second-order valence-corrected chi connectivity index (χ2v) is 5.36. The molecule has 0 unspecified atom stereocenters. The van der Waals surface area contributed by atoms with Gasteiger partial charge in [0.15, 0.2) is 5.96 Å². The Kier molecular flexibility index (Phi) is 13.9. The Hall–Kier alpha value is -1.02. The number of hydrogen-bond acceptors (Lipinski definition) is 3. The first kappa shape index (κ1) is 22.0. The molecule has 0 saturated heterocycles. The van der Waals surface area contributed by atoms with Crippen LogP contribution in [0.4, 0.5) is 0 Å². The monoisotopic (exact) mass is 434 g/mol. The molecule has 1 rings (SSSR count). The zero-order valence-electron chi connectivity index (χ0n) is 14.5. The lowest BCUT2D eigenvalue weighted by Gasteiger charge is -2.13. The Bertz CT molecular complexity index is 412. The molecular weight excluding hydrogens is 403 g/mol. The van der Waals surface area contributed by atoms with Gasteiger partial charge in [0.25, 0.3) is 0 Å². The van der Waals surface area contributed by atoms with Crippen molar-refractivity contribution in [2.75, 3.05) is 46.9 Å². The molecular formula is C17H31IN4O. The highest BCUT2D eigenvalue weighted by molar-refractivity contribution is 14.0. The first-order valence-electron chi connectivity index (χ1n) is 8.07. The molecule has 0 amide bonds. The maximum Gasteiger partial charge on any atom is 0.191 e. The lowest BCUT2D eigenvalue weighted by Crippen LogP contribution is -2.38. The summed E-state index contributed by atoms with van der Waals surface area (Å²) in [6.07, 6.45) is 2.01. The molecule has 0 aliphatic heterocycles. The summed E-state index contributed by atoms with van der Waals surface area (Å²) in [5, 5.41) is 6.62. The van der Waals surface area contributed by atoms with Gasteiger partial charge in [-0.05, 0) is 46.1 Å². The van der Waals surface area contributed by atoms with Crippen molar-refractivity contribution < 1.29 is 4.74 Å². The Morgan fingerprint density at radius 2 is 1.87 bits per heavy atom. The Morgan fingerprint density at radius 1 is 1.13 bits per heavy atom. The van der Waals surface area contributed by atoms with Crippen molar-refractivity contribution in [2.24, 2.45) is 4.99 Å². The van der Waals surface area contributed by atoms with Gasteiger partial charge in [-0.15, -0.1) is 24.0 Å². The number of halogens is 1. The standard InChI is InChI=1S/C17H30N4O.HI/c1-4-18-17(19-12-8-14-21(2)3)20-13-9-15-22-16-10-6-5-7-11-16;/h5-7,10-11H,4,8-9,12-15H2,1-3H3,(H2,18,19,20);1H. The minimum absolute atomic E-state index is 0. The Balaban J connectivity index is 0.00000484. The summed E-state index contributed by atoms with van der Waals surface area (Å²) in [4.78, 5) is 6.75. The van der Waals surface area contributed by atoms with Gasteiger partial charge < -0.3 is 20.3 Å². The van der Waals surface area contributed by atoms with Gasteiger partial charge in [-0.25, -0.2) is 0 Å². The second kappa shape index (κ2) is 14.6. The number of ether oxygens (including phenoxy) is 1. The number of aliphatic imine (C=N–C) groups is 1. The number of guanidine groups is 1. The fraction of sp³-hybridized carbons (Fsp3) is 0.588. The Labute approximate surface area is 157 Å². The molecule has 23 heavy (non-hydrogen) atoms. The van der Waals surface area contributed by atoms with E-state index in [0.29, 0.717) is 6.61 Å². The molecule has 0 aliphatic carbocycles. The van der Waals surface area contributed by atoms with Crippen LogP contribution in [-0.4, -0.2) is 57.7 Å². The Morgan fingerprint density at radius 3 is 2.52 bits per heavy atom. The predicted molar refractivity (Wildman–Crippen MR) is 109 cm³/mol. The highest BCUT2D eigenvalue weighted by Crippen LogP contribution is 2.08. The average molecular weight is 434 g/mol. The predicted octanol–water partition coefficient (Wildman–Crippen LogP) is 2.58. The number of rotatable bonds is 10. The van der Waals surface area contributed by atoms with Crippen LogP contribution >= 0.6 is 24.0 Å². The molecule has 1 aromatic rings. The van der Waals surface area contributed by atoms with Gasteiger partial charge in [-0.1, -0.05) is 18.2 Å². The SMILES string of the molecule is CCNC(=NCCCOc1ccccc1)NCCCN(C)C.I. The van der Waals surface area contributed by atoms with Crippen molar-refractivity contribution in [2.45, 2.75) is 19.8 Å². The topological polar surface area (TPSA) is 48.9 Å². The summed E-state index contributed by atoms with van der Waals surface area (Å²) >= 11 is 0. The van der Waals surface area contributed by atoms with Crippen LogP contribution in [-0.2, 0) is 0 Å². The summed E-state index contributed by atoms with van der Waals surface area (Å²) in [6, 6.07) is 9.89. The average Bonchev–Trinajstić information content (AvgIpc) is 2.52. The van der Waals surface area contributed by atoms with Crippen LogP contribution in [0.1, 0.15) is 19.8 Å². The van der Waals surface area contributed by atoms with Gasteiger partial charge >= 0.3 is 0 Å². The van der Waals surface area contributed by atoms with Crippen molar-refractivity contribution in [3.05, 3.63) is 30.3 Å². The van der Waals surface area contributed by atoms with Gasteiger partial charge in [0.1, 0.15) is 5.75 Å². The molecule has 1 aromatic carbocycles. The van der Waals surface area contributed by atoms with E-state index in [2.05, 4.69) is 41.5 Å². The van der Waals surface area contributed by atoms with Crippen LogP contribution < -0.4 is 15.4 Å². The minimum Gasteiger partial charge on any atom is -0.494 e. The fourth-order valence-electron chi connectivity index (χ4n) is 1.91. The van der Waals surface area contributed by atoms with Gasteiger partial charge in [-0.3, -0.25) is 4.99 Å². The van der Waals surface area contributed by atoms with E-state index in [1.807, 2.05) is 30.3 Å². The summed E-state index contributed by atoms with van der Waals surface area (Å²) in [5.74, 6) is 1.81. The molecule has 0 atom stereocenters. The van der Waals surface area contributed by atoms with E-state index in [1.165, 1.54) is 0 Å². The third kappa shape index (κ3) is 12.1. The zero-order valence-corrected chi connectivity index (χ0v) is 16.9. The van der Waals surface area contributed by atoms with E-state index >= 15 is 0 Å². The maximum atomic E-state index is 5.66. The van der Waals surface area contributed by atoms with E-state index < -0.39 is 0 Å². The second-order valence-electron chi connectivity index (χ2n) is 5.36. The first-order chi connectivity index (χ1) is 10.7. The molecule has 0 spiro atoms. The lowest BCUT2D eigenvalue weighted by molar-refractivity contribution is 0.313. The summed E-state index contributed by atoms with van der Waals surface area (Å²) in [7, 11) is 4.18. The quantitative estimate of drug-likeness (QED) is 0.257. The molecule has 0 fully saturated rings. The third-order valence-corrected chi connectivity index (χ3v) is 3.00. The molecule has 6 heteroatoms. The van der Waals surface area contributed by atoms with Crippen molar-refractivity contribution in [1.82, 2.24) is 15.5 Å². The largest absolute Gasteiger partial charge is 0.494 e. The first-order valence-corrected chi connectivity index (χ1v) is 8.07. The van der Waals surface area contributed by atoms with Gasteiger partial charge in [0.2, 0.25) is 0 Å². The summed E-state index contributed by atoms with van der Waals surface area (Å²) in [6.45, 7) is 6.42. The lowest BCUT2D eigenvalue weighted by atomic mass is 10.3. The normalized spacial score (nSPS) is 11.0. The smallest absolute Gasteiger partial charge is 0.191 e. The van der Waals surface area contributed by atoms with Crippen molar-refractivity contribution in [3.8, 4) is 5.75 Å². The van der Waals surface area contributed by atoms with Gasteiger partial charge in [0.05, 0.1) is 6.61 Å². The molecule has 0 bridgehead atoms. The molecule has 0 heterocycles. The number of benzene rings is 1. The van der Waals surface area contributed by atoms with Crippen LogP contribution in [0.3, 0.4) is 0 Å². The van der Waals surface area contributed by atoms with Crippen LogP contribution in [0.25, 0.3) is 0 Å². The summed E-state index contributed by atoms with van der Waals surface area (Å²) in [5.41, 5.74) is 0. The van der Waals surface area contributed by atoms with Gasteiger partial charge in [0, 0.05) is 26.1 Å². The zero-order chi connectivity index (χ0) is 16.0. The van der Waals surface area contributed by atoms with Crippen LogP contribution in [0.2, 0.25) is 0 Å². The number of nitrogens with zero attached hydrogens (tertiary/aromatic N) is 2. The van der Waals surface area contributed by atoms with E-state index in [9.17, 15) is 0 Å². The third-order valence-electron chi connectivity index (χ3n) is 3.00. The van der Waals surface area contributed by atoms with Crippen LogP contribution in [0.5, 0.6) is 5.75 Å². The molecule has 0 saturated carbocycles. The maximum absolute atomic E-state index is 5.66. The highest BCUT2D eigenvalue weighted by Gasteiger charge is 1.97. The van der Waals surface area contributed by atoms with E-state index in [0.717, 1.165) is 50.7 Å². The van der Waals surface area contributed by atoms with E-state index in [1.54, 1.807) is 0 Å². The minimum atomic E-state index is 0. The molecule has 0 aliphatic rings. The molecule has 0 radical (unpaired) electrons. The number of hydrogen-bond donors (Lipinski definition) is 2. The molecule has 2 N–H and O–H groups in total. The van der Waals surface area contributed by atoms with E-state index in [-0.39, 0.29) is 24.0 Å². The van der Waals surface area contributed by atoms with Crippen LogP contribution in [0.15, 0.2) is 35.3 Å². The van der Waals surface area contributed by atoms with Crippen molar-refractivity contribution in [1.29, 1.82) is 0 Å². The highest BCUT2D eigenvalue weighted by atomic mass is 127. The molecule has 5 nitrogen and oxygen atoms in total. The number of nitrogens with one attached hydrogen (secondary N) is 2. The van der Waals surface area contributed by atoms with Crippen LogP contribution in [0, 0.1) is 0 Å². The molecule has 132 valence electrons. The van der Waals surface area contributed by atoms with Crippen molar-refractivity contribution in [3.63, 3.8) is 0 Å².